The summed E-state index contributed by atoms with van der Waals surface area (Å²) < 4.78 is 51.7. The Hall–Kier alpha value is -3.75. The molecule has 3 aromatic rings. The summed E-state index contributed by atoms with van der Waals surface area (Å²) in [6.07, 6.45) is 6.54. The van der Waals surface area contributed by atoms with Gasteiger partial charge >= 0.3 is 0 Å². The number of amides is 1. The molecule has 1 fully saturated rings. The van der Waals surface area contributed by atoms with Crippen LogP contribution in [0, 0.1) is 11.3 Å². The van der Waals surface area contributed by atoms with Gasteiger partial charge in [-0.25, -0.2) is 9.97 Å². The number of benzene rings is 1. The minimum Gasteiger partial charge on any atom is -0.368 e. The van der Waals surface area contributed by atoms with E-state index in [4.69, 9.17) is 19.4 Å². The van der Waals surface area contributed by atoms with E-state index in [0.29, 0.717) is 38.0 Å². The lowest BCUT2D eigenvalue weighted by Gasteiger charge is -2.19. The first-order chi connectivity index (χ1) is 18.8. The van der Waals surface area contributed by atoms with Gasteiger partial charge in [-0.2, -0.15) is 22.1 Å². The zero-order chi connectivity index (χ0) is 29.8. The van der Waals surface area contributed by atoms with Crippen molar-refractivity contribution in [2.75, 3.05) is 44.0 Å². The third-order valence-electron chi connectivity index (χ3n) is 5.13. The number of hydrogen-bond acceptors (Lipinski definition) is 11. The number of para-hydroxylation sites is 1. The number of nitrogens with zero attached hydrogens (tertiary/aromatic N) is 5. The van der Waals surface area contributed by atoms with Gasteiger partial charge in [-0.05, 0) is 37.1 Å². The van der Waals surface area contributed by atoms with Gasteiger partial charge in [-0.3, -0.25) is 18.9 Å². The Kier molecular flexibility index (Phi) is 12.3. The molecule has 1 atom stereocenters. The van der Waals surface area contributed by atoms with Gasteiger partial charge in [0.25, 0.3) is 20.2 Å². The predicted molar refractivity (Wildman–Crippen MR) is 149 cm³/mol. The summed E-state index contributed by atoms with van der Waals surface area (Å²) in [5.41, 5.74) is 1.77. The third kappa shape index (κ3) is 12.4. The lowest BCUT2D eigenvalue weighted by molar-refractivity contribution is -0.130. The van der Waals surface area contributed by atoms with Crippen LogP contribution in [0.1, 0.15) is 12.8 Å². The molecule has 1 saturated heterocycles. The second-order valence-electron chi connectivity index (χ2n) is 8.59. The molecular formula is C24H31N7O7S2. The maximum atomic E-state index is 12.3. The van der Waals surface area contributed by atoms with E-state index < -0.39 is 20.2 Å². The standard InChI is InChI=1S/C22H23N7O.2CH4O3S/c23-14-17-4-3-13-29(17)20(30)15-25-11-12-26-22-18-5-1-2-6-19(18)27-21(28-22)16-7-9-24-10-8-16;2*1-5(2,3)4/h1-2,5-10,17,25H,3-4,11-13,15H2,(H,26,27,28);2*1H3,(H,2,3,4)/t17-;;/m0../s1. The Morgan fingerprint density at radius 2 is 1.68 bits per heavy atom. The number of nitrogens with one attached hydrogen (secondary N) is 2. The van der Waals surface area contributed by atoms with Crippen molar-refractivity contribution in [3.63, 3.8) is 0 Å². The minimum atomic E-state index is -3.67. The molecule has 40 heavy (non-hydrogen) atoms. The van der Waals surface area contributed by atoms with Crippen molar-refractivity contribution in [1.82, 2.24) is 25.2 Å². The van der Waals surface area contributed by atoms with Crippen molar-refractivity contribution >= 4 is 42.9 Å². The lowest BCUT2D eigenvalue weighted by atomic mass is 10.2. The van der Waals surface area contributed by atoms with Gasteiger partial charge < -0.3 is 15.5 Å². The summed E-state index contributed by atoms with van der Waals surface area (Å²) in [6.45, 7) is 2.10. The molecular weight excluding hydrogens is 562 g/mol. The van der Waals surface area contributed by atoms with Crippen LogP contribution in [0.25, 0.3) is 22.3 Å². The van der Waals surface area contributed by atoms with Crippen LogP contribution in [0.3, 0.4) is 0 Å². The summed E-state index contributed by atoms with van der Waals surface area (Å²) in [5.74, 6) is 1.37. The van der Waals surface area contributed by atoms with Crippen LogP contribution in [0.5, 0.6) is 0 Å². The Balaban J connectivity index is 0.000000482. The number of carbonyl (C=O) groups is 1. The fourth-order valence-electron chi connectivity index (χ4n) is 3.61. The quantitative estimate of drug-likeness (QED) is 0.224. The van der Waals surface area contributed by atoms with Crippen LogP contribution in [-0.4, -0.2) is 96.4 Å². The van der Waals surface area contributed by atoms with Gasteiger partial charge in [0.05, 0.1) is 30.6 Å². The second kappa shape index (κ2) is 15.1. The summed E-state index contributed by atoms with van der Waals surface area (Å²) in [5, 5.41) is 16.6. The van der Waals surface area contributed by atoms with E-state index in [1.807, 2.05) is 36.4 Å². The van der Waals surface area contributed by atoms with Gasteiger partial charge in [0.1, 0.15) is 11.9 Å². The fraction of sp³-hybridized carbons (Fsp3) is 0.375. The van der Waals surface area contributed by atoms with Crippen LogP contribution >= 0.6 is 0 Å². The molecule has 0 radical (unpaired) electrons. The Labute approximate surface area is 233 Å². The van der Waals surface area contributed by atoms with Crippen LogP contribution in [-0.2, 0) is 25.0 Å². The Bertz CT molecular complexity index is 1480. The van der Waals surface area contributed by atoms with E-state index in [2.05, 4.69) is 26.7 Å². The summed E-state index contributed by atoms with van der Waals surface area (Å²) in [6, 6.07) is 13.5. The van der Waals surface area contributed by atoms with Gasteiger partial charge in [-0.1, -0.05) is 12.1 Å². The molecule has 0 bridgehead atoms. The van der Waals surface area contributed by atoms with Crippen molar-refractivity contribution in [2.24, 2.45) is 0 Å². The van der Waals surface area contributed by atoms with E-state index in [-0.39, 0.29) is 18.5 Å². The predicted octanol–water partition coefficient (Wildman–Crippen LogP) is 1.22. The van der Waals surface area contributed by atoms with Gasteiger partial charge in [-0.15, -0.1) is 0 Å². The Morgan fingerprint density at radius 3 is 2.30 bits per heavy atom. The normalized spacial score (nSPS) is 14.8. The molecule has 4 rings (SSSR count). The van der Waals surface area contributed by atoms with Crippen molar-refractivity contribution in [3.8, 4) is 17.5 Å². The summed E-state index contributed by atoms with van der Waals surface area (Å²) >= 11 is 0. The van der Waals surface area contributed by atoms with E-state index in [0.717, 1.165) is 35.1 Å². The SMILES string of the molecule is CS(=O)(=O)O.CS(=O)(=O)O.N#C[C@@H]1CCCN1C(=O)CNCCNc1nc(-c2ccncc2)nc2ccccc12. The number of fused-ring (bicyclic) bond motifs is 1. The lowest BCUT2D eigenvalue weighted by Crippen LogP contribution is -2.41. The number of pyridine rings is 1. The molecule has 0 saturated carbocycles. The van der Waals surface area contributed by atoms with Gasteiger partial charge in [0.2, 0.25) is 5.91 Å². The average molecular weight is 594 g/mol. The summed E-state index contributed by atoms with van der Waals surface area (Å²) in [4.78, 5) is 27.4. The van der Waals surface area contributed by atoms with Crippen molar-refractivity contribution in [2.45, 2.75) is 18.9 Å². The topological polar surface area (TPSA) is 216 Å². The first kappa shape index (κ1) is 32.5. The van der Waals surface area contributed by atoms with Crippen LogP contribution in [0.15, 0.2) is 48.8 Å². The van der Waals surface area contributed by atoms with E-state index in [1.54, 1.807) is 17.3 Å². The molecule has 1 aliphatic heterocycles. The van der Waals surface area contributed by atoms with Crippen molar-refractivity contribution in [1.29, 1.82) is 5.26 Å². The first-order valence-electron chi connectivity index (χ1n) is 11.9. The minimum absolute atomic E-state index is 0.0218. The highest BCUT2D eigenvalue weighted by Crippen LogP contribution is 2.24. The zero-order valence-electron chi connectivity index (χ0n) is 21.9. The molecule has 3 heterocycles. The number of carbonyl (C=O) groups excluding carboxylic acids is 1. The van der Waals surface area contributed by atoms with Crippen molar-refractivity contribution in [3.05, 3.63) is 48.8 Å². The third-order valence-corrected chi connectivity index (χ3v) is 5.13. The molecule has 216 valence electrons. The molecule has 0 aliphatic carbocycles. The zero-order valence-corrected chi connectivity index (χ0v) is 23.6. The average Bonchev–Trinajstić information content (AvgIpc) is 3.36. The second-order valence-corrected chi connectivity index (χ2v) is 11.5. The van der Waals surface area contributed by atoms with Crippen LogP contribution in [0.2, 0.25) is 0 Å². The fourth-order valence-corrected chi connectivity index (χ4v) is 3.61. The highest BCUT2D eigenvalue weighted by molar-refractivity contribution is 7.85. The van der Waals surface area contributed by atoms with Crippen LogP contribution < -0.4 is 10.6 Å². The molecule has 1 aromatic carbocycles. The largest absolute Gasteiger partial charge is 0.368 e. The molecule has 0 unspecified atom stereocenters. The van der Waals surface area contributed by atoms with E-state index >= 15 is 0 Å². The number of anilines is 1. The Morgan fingerprint density at radius 1 is 1.05 bits per heavy atom. The van der Waals surface area contributed by atoms with Gasteiger partial charge in [0, 0.05) is 43.0 Å². The maximum absolute atomic E-state index is 12.3. The van der Waals surface area contributed by atoms with Crippen LogP contribution in [0.4, 0.5) is 5.82 Å². The number of likely N-dealkylation sites (tertiary alicyclic amines) is 1. The molecule has 1 aliphatic rings. The monoisotopic (exact) mass is 593 g/mol. The highest BCUT2D eigenvalue weighted by atomic mass is 32.2. The number of nitriles is 1. The molecule has 1 amide bonds. The smallest absolute Gasteiger partial charge is 0.261 e. The summed E-state index contributed by atoms with van der Waals surface area (Å²) in [7, 11) is -7.33. The van der Waals surface area contributed by atoms with E-state index in [9.17, 15) is 21.6 Å². The van der Waals surface area contributed by atoms with E-state index in [1.165, 1.54) is 0 Å². The maximum Gasteiger partial charge on any atom is 0.261 e. The molecule has 0 spiro atoms. The number of rotatable bonds is 7. The molecule has 2 aromatic heterocycles. The molecule has 14 nitrogen and oxygen atoms in total. The first-order valence-corrected chi connectivity index (χ1v) is 15.6. The highest BCUT2D eigenvalue weighted by Gasteiger charge is 2.27. The molecule has 4 N–H and O–H groups in total. The van der Waals surface area contributed by atoms with Crippen molar-refractivity contribution < 1.29 is 30.7 Å². The molecule has 16 heteroatoms. The van der Waals surface area contributed by atoms with Gasteiger partial charge in [0.15, 0.2) is 5.82 Å². The number of hydrogen-bond donors (Lipinski definition) is 4. The number of aromatic nitrogens is 3.